The molecule has 2 aliphatic rings. The fourth-order valence-corrected chi connectivity index (χ4v) is 3.54. The van der Waals surface area contributed by atoms with Crippen LogP contribution in [0.25, 0.3) is 0 Å². The summed E-state index contributed by atoms with van der Waals surface area (Å²) in [6.07, 6.45) is 3.69. The van der Waals surface area contributed by atoms with Gasteiger partial charge in [0, 0.05) is 38.3 Å². The quantitative estimate of drug-likeness (QED) is 0.778. The predicted molar refractivity (Wildman–Crippen MR) is 79.2 cm³/mol. The molecule has 1 aromatic carbocycles. The standard InChI is InChI=1S/C16H25N3/c1-18-9-11-19(12-10-18)15-8-4-6-13-5-2-3-7-14(13)16(15)17/h2-3,5,7,15-16H,4,6,8-12,17H2,1H3. The summed E-state index contributed by atoms with van der Waals surface area (Å²) >= 11 is 0. The van der Waals surface area contributed by atoms with Crippen LogP contribution in [-0.2, 0) is 6.42 Å². The van der Waals surface area contributed by atoms with E-state index in [0.29, 0.717) is 6.04 Å². The van der Waals surface area contributed by atoms with Crippen molar-refractivity contribution in [2.24, 2.45) is 5.73 Å². The first kappa shape index (κ1) is 13.1. The Balaban J connectivity index is 1.79. The molecule has 3 rings (SSSR count). The third-order valence-electron chi connectivity index (χ3n) is 4.78. The van der Waals surface area contributed by atoms with Gasteiger partial charge < -0.3 is 10.6 Å². The molecule has 2 N–H and O–H groups in total. The van der Waals surface area contributed by atoms with Gasteiger partial charge >= 0.3 is 0 Å². The Kier molecular flexibility index (Phi) is 3.87. The third kappa shape index (κ3) is 2.69. The number of aryl methyl sites for hydroxylation is 1. The largest absolute Gasteiger partial charge is 0.323 e. The van der Waals surface area contributed by atoms with Gasteiger partial charge in [-0.3, -0.25) is 4.90 Å². The van der Waals surface area contributed by atoms with Crippen molar-refractivity contribution in [3.05, 3.63) is 35.4 Å². The summed E-state index contributed by atoms with van der Waals surface area (Å²) in [6.45, 7) is 4.67. The van der Waals surface area contributed by atoms with Crippen molar-refractivity contribution in [1.29, 1.82) is 0 Å². The molecule has 1 saturated heterocycles. The number of hydrogen-bond donors (Lipinski definition) is 1. The highest BCUT2D eigenvalue weighted by Gasteiger charge is 2.30. The number of nitrogens with zero attached hydrogens (tertiary/aromatic N) is 2. The normalized spacial score (nSPS) is 29.8. The summed E-state index contributed by atoms with van der Waals surface area (Å²) in [6, 6.07) is 9.46. The second-order valence-electron chi connectivity index (χ2n) is 6.02. The number of nitrogens with two attached hydrogens (primary N) is 1. The summed E-state index contributed by atoms with van der Waals surface area (Å²) < 4.78 is 0. The molecular weight excluding hydrogens is 234 g/mol. The molecule has 0 radical (unpaired) electrons. The van der Waals surface area contributed by atoms with E-state index < -0.39 is 0 Å². The van der Waals surface area contributed by atoms with Gasteiger partial charge in [-0.25, -0.2) is 0 Å². The number of likely N-dealkylation sites (N-methyl/N-ethyl adjacent to an activating group) is 1. The summed E-state index contributed by atoms with van der Waals surface area (Å²) in [5.41, 5.74) is 9.44. The van der Waals surface area contributed by atoms with Crippen LogP contribution in [-0.4, -0.2) is 49.1 Å². The molecule has 1 aliphatic heterocycles. The van der Waals surface area contributed by atoms with Crippen molar-refractivity contribution in [3.63, 3.8) is 0 Å². The highest BCUT2D eigenvalue weighted by molar-refractivity contribution is 5.32. The SMILES string of the molecule is CN1CCN(C2CCCc3ccccc3C2N)CC1. The Morgan fingerprint density at radius 2 is 1.84 bits per heavy atom. The molecular formula is C16H25N3. The summed E-state index contributed by atoms with van der Waals surface area (Å²) in [5.74, 6) is 0. The molecule has 0 saturated carbocycles. The van der Waals surface area contributed by atoms with Gasteiger partial charge in [0.1, 0.15) is 0 Å². The maximum atomic E-state index is 6.60. The molecule has 1 aliphatic carbocycles. The van der Waals surface area contributed by atoms with Crippen molar-refractivity contribution in [3.8, 4) is 0 Å². The third-order valence-corrected chi connectivity index (χ3v) is 4.78. The van der Waals surface area contributed by atoms with Crippen LogP contribution in [0, 0.1) is 0 Å². The Labute approximate surface area is 116 Å². The molecule has 0 amide bonds. The smallest absolute Gasteiger partial charge is 0.0455 e. The molecule has 3 heteroatoms. The minimum absolute atomic E-state index is 0.183. The maximum Gasteiger partial charge on any atom is 0.0455 e. The molecule has 1 aromatic rings. The van der Waals surface area contributed by atoms with Crippen molar-refractivity contribution < 1.29 is 0 Å². The van der Waals surface area contributed by atoms with E-state index in [9.17, 15) is 0 Å². The van der Waals surface area contributed by atoms with E-state index in [0.717, 1.165) is 13.1 Å². The zero-order valence-corrected chi connectivity index (χ0v) is 11.9. The Morgan fingerprint density at radius 3 is 2.63 bits per heavy atom. The van der Waals surface area contributed by atoms with Gasteiger partial charge in [-0.2, -0.15) is 0 Å². The van der Waals surface area contributed by atoms with Gasteiger partial charge in [0.2, 0.25) is 0 Å². The summed E-state index contributed by atoms with van der Waals surface area (Å²) in [5, 5.41) is 0. The minimum atomic E-state index is 0.183. The lowest BCUT2D eigenvalue weighted by Crippen LogP contribution is -2.52. The van der Waals surface area contributed by atoms with Gasteiger partial charge in [-0.05, 0) is 37.4 Å². The zero-order valence-electron chi connectivity index (χ0n) is 11.9. The first-order valence-electron chi connectivity index (χ1n) is 7.51. The molecule has 2 atom stereocenters. The van der Waals surface area contributed by atoms with Gasteiger partial charge in [-0.1, -0.05) is 24.3 Å². The lowest BCUT2D eigenvalue weighted by molar-refractivity contribution is 0.0935. The Hall–Kier alpha value is -0.900. The lowest BCUT2D eigenvalue weighted by atomic mass is 9.95. The second kappa shape index (κ2) is 5.61. The predicted octanol–water partition coefficient (Wildman–Crippen LogP) is 1.64. The van der Waals surface area contributed by atoms with Crippen LogP contribution >= 0.6 is 0 Å². The molecule has 3 nitrogen and oxygen atoms in total. The lowest BCUT2D eigenvalue weighted by Gasteiger charge is -2.40. The highest BCUT2D eigenvalue weighted by atomic mass is 15.3. The fourth-order valence-electron chi connectivity index (χ4n) is 3.54. The second-order valence-corrected chi connectivity index (χ2v) is 6.02. The van der Waals surface area contributed by atoms with Crippen molar-refractivity contribution in [1.82, 2.24) is 9.80 Å². The molecule has 1 heterocycles. The Bertz CT molecular complexity index is 424. The number of rotatable bonds is 1. The summed E-state index contributed by atoms with van der Waals surface area (Å²) in [7, 11) is 2.21. The van der Waals surface area contributed by atoms with E-state index in [-0.39, 0.29) is 6.04 Å². The van der Waals surface area contributed by atoms with Gasteiger partial charge in [0.05, 0.1) is 0 Å². The van der Waals surface area contributed by atoms with E-state index in [1.807, 2.05) is 0 Å². The van der Waals surface area contributed by atoms with Crippen LogP contribution in [0.5, 0.6) is 0 Å². The zero-order chi connectivity index (χ0) is 13.2. The van der Waals surface area contributed by atoms with Crippen LogP contribution in [0.15, 0.2) is 24.3 Å². The van der Waals surface area contributed by atoms with E-state index in [4.69, 9.17) is 5.73 Å². The van der Waals surface area contributed by atoms with E-state index in [2.05, 4.69) is 41.1 Å². The van der Waals surface area contributed by atoms with Crippen LogP contribution < -0.4 is 5.73 Å². The van der Waals surface area contributed by atoms with Gasteiger partial charge in [0.15, 0.2) is 0 Å². The van der Waals surface area contributed by atoms with E-state index in [1.165, 1.54) is 43.5 Å². The molecule has 2 unspecified atom stereocenters. The van der Waals surface area contributed by atoms with Gasteiger partial charge in [-0.15, -0.1) is 0 Å². The molecule has 104 valence electrons. The van der Waals surface area contributed by atoms with E-state index >= 15 is 0 Å². The molecule has 0 bridgehead atoms. The first-order chi connectivity index (χ1) is 9.25. The monoisotopic (exact) mass is 259 g/mol. The van der Waals surface area contributed by atoms with Crippen LogP contribution in [0.3, 0.4) is 0 Å². The van der Waals surface area contributed by atoms with Crippen molar-refractivity contribution >= 4 is 0 Å². The molecule has 19 heavy (non-hydrogen) atoms. The number of hydrogen-bond acceptors (Lipinski definition) is 3. The molecule has 0 aromatic heterocycles. The molecule has 1 fully saturated rings. The highest BCUT2D eigenvalue weighted by Crippen LogP contribution is 2.30. The van der Waals surface area contributed by atoms with Crippen LogP contribution in [0.2, 0.25) is 0 Å². The van der Waals surface area contributed by atoms with Crippen LogP contribution in [0.4, 0.5) is 0 Å². The number of piperazine rings is 1. The first-order valence-corrected chi connectivity index (χ1v) is 7.51. The molecule has 0 spiro atoms. The van der Waals surface area contributed by atoms with E-state index in [1.54, 1.807) is 0 Å². The topological polar surface area (TPSA) is 32.5 Å². The number of fused-ring (bicyclic) bond motifs is 1. The van der Waals surface area contributed by atoms with Crippen molar-refractivity contribution in [2.45, 2.75) is 31.3 Å². The van der Waals surface area contributed by atoms with Crippen molar-refractivity contribution in [2.75, 3.05) is 33.2 Å². The maximum absolute atomic E-state index is 6.60. The van der Waals surface area contributed by atoms with Crippen LogP contribution in [0.1, 0.15) is 30.0 Å². The Morgan fingerprint density at radius 1 is 1.11 bits per heavy atom. The average Bonchev–Trinajstić information content (AvgIpc) is 2.60. The minimum Gasteiger partial charge on any atom is -0.323 e. The van der Waals surface area contributed by atoms with Gasteiger partial charge in [0.25, 0.3) is 0 Å². The number of benzene rings is 1. The average molecular weight is 259 g/mol. The fraction of sp³-hybridized carbons (Fsp3) is 0.625. The summed E-state index contributed by atoms with van der Waals surface area (Å²) in [4.78, 5) is 5.03.